The first-order valence-corrected chi connectivity index (χ1v) is 3.20. The minimum atomic E-state index is -0.0852. The number of ether oxygens (including phenoxy) is 2. The molecule has 0 aromatic rings. The summed E-state index contributed by atoms with van der Waals surface area (Å²) >= 11 is 0. The van der Waals surface area contributed by atoms with E-state index >= 15 is 0 Å². The summed E-state index contributed by atoms with van der Waals surface area (Å²) in [7, 11) is 1.49. The third-order valence-electron chi connectivity index (χ3n) is 1.20. The second kappa shape index (κ2) is 3.53. The van der Waals surface area contributed by atoms with Crippen molar-refractivity contribution < 1.29 is 14.3 Å². The van der Waals surface area contributed by atoms with Gasteiger partial charge in [0.05, 0.1) is 12.7 Å². The van der Waals surface area contributed by atoms with Crippen LogP contribution in [0, 0.1) is 0 Å². The standard InChI is InChI=1S/C6H11NO3/c1-9-4-6(8)7-2-5-3-10-5/h5H,2-4H2,1H3,(H,7,8). The highest BCUT2D eigenvalue weighted by molar-refractivity contribution is 5.77. The van der Waals surface area contributed by atoms with Crippen LogP contribution in [0.4, 0.5) is 0 Å². The molecule has 4 nitrogen and oxygen atoms in total. The Morgan fingerprint density at radius 3 is 3.10 bits per heavy atom. The van der Waals surface area contributed by atoms with Crippen LogP contribution in [-0.4, -0.2) is 38.9 Å². The number of carbonyl (C=O) groups is 1. The van der Waals surface area contributed by atoms with Crippen LogP contribution in [0.2, 0.25) is 0 Å². The number of carbonyl (C=O) groups excluding carboxylic acids is 1. The lowest BCUT2D eigenvalue weighted by Crippen LogP contribution is -2.30. The van der Waals surface area contributed by atoms with Gasteiger partial charge in [0, 0.05) is 13.7 Å². The Bertz CT molecular complexity index is 122. The third kappa shape index (κ3) is 2.80. The highest BCUT2D eigenvalue weighted by Gasteiger charge is 2.22. The van der Waals surface area contributed by atoms with Crippen LogP contribution in [0.15, 0.2) is 0 Å². The normalized spacial score (nSPS) is 22.3. The van der Waals surface area contributed by atoms with Crippen molar-refractivity contribution in [2.75, 3.05) is 26.9 Å². The van der Waals surface area contributed by atoms with Gasteiger partial charge >= 0.3 is 0 Å². The molecule has 1 aliphatic heterocycles. The summed E-state index contributed by atoms with van der Waals surface area (Å²) in [6.45, 7) is 1.52. The van der Waals surface area contributed by atoms with Crippen molar-refractivity contribution >= 4 is 5.91 Å². The number of methoxy groups -OCH3 is 1. The SMILES string of the molecule is COCC(=O)NCC1CO1. The Hall–Kier alpha value is -0.610. The van der Waals surface area contributed by atoms with Crippen molar-refractivity contribution in [1.82, 2.24) is 5.32 Å². The monoisotopic (exact) mass is 145 g/mol. The van der Waals surface area contributed by atoms with E-state index in [0.717, 1.165) is 6.61 Å². The topological polar surface area (TPSA) is 50.9 Å². The van der Waals surface area contributed by atoms with E-state index in [2.05, 4.69) is 10.1 Å². The van der Waals surface area contributed by atoms with Gasteiger partial charge in [0.25, 0.3) is 0 Å². The Morgan fingerprint density at radius 2 is 2.60 bits per heavy atom. The molecule has 0 saturated carbocycles. The first kappa shape index (κ1) is 7.50. The third-order valence-corrected chi connectivity index (χ3v) is 1.20. The van der Waals surface area contributed by atoms with Crippen molar-refractivity contribution in [1.29, 1.82) is 0 Å². The van der Waals surface area contributed by atoms with Crippen LogP contribution in [0.3, 0.4) is 0 Å². The number of hydrogen-bond donors (Lipinski definition) is 1. The smallest absolute Gasteiger partial charge is 0.246 e. The van der Waals surface area contributed by atoms with Crippen molar-refractivity contribution in [3.8, 4) is 0 Å². The molecule has 1 amide bonds. The summed E-state index contributed by atoms with van der Waals surface area (Å²) in [4.78, 5) is 10.7. The summed E-state index contributed by atoms with van der Waals surface area (Å²) in [6, 6.07) is 0. The number of amides is 1. The van der Waals surface area contributed by atoms with Crippen LogP contribution in [0.1, 0.15) is 0 Å². The average Bonchev–Trinajstić information content (AvgIpc) is 2.67. The van der Waals surface area contributed by atoms with Gasteiger partial charge in [-0.3, -0.25) is 4.79 Å². The summed E-state index contributed by atoms with van der Waals surface area (Å²) < 4.78 is 9.48. The van der Waals surface area contributed by atoms with Gasteiger partial charge in [0.1, 0.15) is 6.61 Å². The molecular weight excluding hydrogens is 134 g/mol. The first-order valence-electron chi connectivity index (χ1n) is 3.20. The molecule has 1 N–H and O–H groups in total. The second-order valence-corrected chi connectivity index (χ2v) is 2.19. The molecule has 4 heteroatoms. The zero-order valence-electron chi connectivity index (χ0n) is 5.92. The molecule has 1 rings (SSSR count). The van der Waals surface area contributed by atoms with Gasteiger partial charge in [-0.05, 0) is 0 Å². The van der Waals surface area contributed by atoms with E-state index in [1.165, 1.54) is 7.11 Å². The molecule has 0 spiro atoms. The fraction of sp³-hybridized carbons (Fsp3) is 0.833. The van der Waals surface area contributed by atoms with Crippen LogP contribution in [0.5, 0.6) is 0 Å². The number of hydrogen-bond acceptors (Lipinski definition) is 3. The maximum Gasteiger partial charge on any atom is 0.246 e. The molecule has 0 aliphatic carbocycles. The average molecular weight is 145 g/mol. The fourth-order valence-corrected chi connectivity index (χ4v) is 0.596. The molecule has 0 radical (unpaired) electrons. The van der Waals surface area contributed by atoms with E-state index in [0.29, 0.717) is 6.54 Å². The molecule has 1 saturated heterocycles. The van der Waals surface area contributed by atoms with Crippen LogP contribution >= 0.6 is 0 Å². The highest BCUT2D eigenvalue weighted by Crippen LogP contribution is 2.05. The zero-order valence-corrected chi connectivity index (χ0v) is 5.92. The van der Waals surface area contributed by atoms with Gasteiger partial charge in [-0.25, -0.2) is 0 Å². The fourth-order valence-electron chi connectivity index (χ4n) is 0.596. The van der Waals surface area contributed by atoms with E-state index in [1.807, 2.05) is 0 Å². The molecule has 1 aliphatic rings. The van der Waals surface area contributed by atoms with E-state index < -0.39 is 0 Å². The molecule has 1 heterocycles. The molecule has 1 atom stereocenters. The number of nitrogens with one attached hydrogen (secondary N) is 1. The number of epoxide rings is 1. The Balaban J connectivity index is 1.94. The summed E-state index contributed by atoms with van der Waals surface area (Å²) in [5.74, 6) is -0.0852. The van der Waals surface area contributed by atoms with Crippen LogP contribution < -0.4 is 5.32 Å². The van der Waals surface area contributed by atoms with E-state index in [-0.39, 0.29) is 18.6 Å². The Kier molecular flexibility index (Phi) is 2.65. The highest BCUT2D eigenvalue weighted by atomic mass is 16.6. The second-order valence-electron chi connectivity index (χ2n) is 2.19. The lowest BCUT2D eigenvalue weighted by atomic mass is 10.4. The van der Waals surface area contributed by atoms with Crippen molar-refractivity contribution in [2.45, 2.75) is 6.10 Å². The van der Waals surface area contributed by atoms with Gasteiger partial charge in [-0.1, -0.05) is 0 Å². The quantitative estimate of drug-likeness (QED) is 0.524. The van der Waals surface area contributed by atoms with Crippen molar-refractivity contribution in [2.24, 2.45) is 0 Å². The van der Waals surface area contributed by atoms with E-state index in [9.17, 15) is 4.79 Å². The van der Waals surface area contributed by atoms with Crippen molar-refractivity contribution in [3.63, 3.8) is 0 Å². The summed E-state index contributed by atoms with van der Waals surface area (Å²) in [5.41, 5.74) is 0. The zero-order chi connectivity index (χ0) is 7.40. The van der Waals surface area contributed by atoms with Crippen LogP contribution in [0.25, 0.3) is 0 Å². The van der Waals surface area contributed by atoms with Crippen molar-refractivity contribution in [3.05, 3.63) is 0 Å². The first-order chi connectivity index (χ1) is 4.83. The van der Waals surface area contributed by atoms with Gasteiger partial charge in [0.15, 0.2) is 0 Å². The molecule has 0 bridgehead atoms. The lowest BCUT2D eigenvalue weighted by molar-refractivity contribution is -0.124. The summed E-state index contributed by atoms with van der Waals surface area (Å²) in [6.07, 6.45) is 0.251. The largest absolute Gasteiger partial charge is 0.375 e. The van der Waals surface area contributed by atoms with E-state index in [4.69, 9.17) is 4.74 Å². The van der Waals surface area contributed by atoms with Crippen LogP contribution in [-0.2, 0) is 14.3 Å². The number of rotatable bonds is 4. The van der Waals surface area contributed by atoms with Gasteiger partial charge < -0.3 is 14.8 Å². The summed E-state index contributed by atoms with van der Waals surface area (Å²) in [5, 5.41) is 2.66. The molecule has 0 aromatic heterocycles. The van der Waals surface area contributed by atoms with Gasteiger partial charge in [-0.15, -0.1) is 0 Å². The lowest BCUT2D eigenvalue weighted by Gasteiger charge is -1.99. The Morgan fingerprint density at radius 1 is 1.90 bits per heavy atom. The Labute approximate surface area is 59.5 Å². The maximum atomic E-state index is 10.7. The molecule has 0 aromatic carbocycles. The molecule has 1 unspecified atom stereocenters. The predicted molar refractivity (Wildman–Crippen MR) is 34.6 cm³/mol. The van der Waals surface area contributed by atoms with E-state index in [1.54, 1.807) is 0 Å². The maximum absolute atomic E-state index is 10.7. The molecule has 1 fully saturated rings. The minimum absolute atomic E-state index is 0.0852. The van der Waals surface area contributed by atoms with Gasteiger partial charge in [-0.2, -0.15) is 0 Å². The van der Waals surface area contributed by atoms with Gasteiger partial charge in [0.2, 0.25) is 5.91 Å². The molecule has 10 heavy (non-hydrogen) atoms. The molecular formula is C6H11NO3. The minimum Gasteiger partial charge on any atom is -0.375 e. The predicted octanol–water partition coefficient (Wildman–Crippen LogP) is -0.852. The molecule has 58 valence electrons.